The lowest BCUT2D eigenvalue weighted by Gasteiger charge is -2.26. The number of anilines is 2. The molecule has 2 N–H and O–H groups in total. The second kappa shape index (κ2) is 9.52. The molecule has 1 aliphatic carbocycles. The monoisotopic (exact) mass is 456 g/mol. The number of carbonyl (C=O) groups is 3. The lowest BCUT2D eigenvalue weighted by Crippen LogP contribution is -2.37. The molecular weight excluding hydrogens is 436 g/mol. The summed E-state index contributed by atoms with van der Waals surface area (Å²) >= 11 is 3.36. The fraction of sp³-hybridized carbons (Fsp3) is 0.227. The van der Waals surface area contributed by atoms with Crippen LogP contribution < -0.4 is 10.6 Å². The van der Waals surface area contributed by atoms with Gasteiger partial charge in [0.2, 0.25) is 11.8 Å². The zero-order valence-corrected chi connectivity index (χ0v) is 17.4. The standard InChI is InChI=1S/C22H21BrN2O4/c1-29-22(28)14-6-10-16(11-7-14)24-20(26)18-4-2-3-5-19(18)21(27)25-17-12-8-15(23)9-13-17/h2-3,6-13,18-19H,4-5H2,1H3,(H,24,26)(H,25,27). The number of carbonyl (C=O) groups excluding carboxylic acids is 3. The Morgan fingerprint density at radius 3 is 1.72 bits per heavy atom. The average molecular weight is 457 g/mol. The third-order valence-corrected chi connectivity index (χ3v) is 5.32. The SMILES string of the molecule is COC(=O)c1ccc(NC(=O)C2CC=CCC2C(=O)Nc2ccc(Br)cc2)cc1. The summed E-state index contributed by atoms with van der Waals surface area (Å²) < 4.78 is 5.59. The Bertz CT molecular complexity index is 923. The summed E-state index contributed by atoms with van der Waals surface area (Å²) in [5, 5.41) is 5.73. The first-order chi connectivity index (χ1) is 14.0. The van der Waals surface area contributed by atoms with Gasteiger partial charge in [-0.3, -0.25) is 9.59 Å². The maximum absolute atomic E-state index is 12.8. The molecule has 2 atom stereocenters. The number of amides is 2. The van der Waals surface area contributed by atoms with Crippen molar-refractivity contribution < 1.29 is 19.1 Å². The minimum Gasteiger partial charge on any atom is -0.465 e. The van der Waals surface area contributed by atoms with Gasteiger partial charge < -0.3 is 15.4 Å². The van der Waals surface area contributed by atoms with Gasteiger partial charge in [0.1, 0.15) is 0 Å². The van der Waals surface area contributed by atoms with E-state index in [9.17, 15) is 14.4 Å². The van der Waals surface area contributed by atoms with E-state index in [1.165, 1.54) is 7.11 Å². The first-order valence-corrected chi connectivity index (χ1v) is 9.98. The molecule has 6 nitrogen and oxygen atoms in total. The molecule has 2 aromatic carbocycles. The Hall–Kier alpha value is -2.93. The molecule has 0 saturated carbocycles. The van der Waals surface area contributed by atoms with Crippen molar-refractivity contribution in [3.8, 4) is 0 Å². The van der Waals surface area contributed by atoms with Gasteiger partial charge in [0.25, 0.3) is 0 Å². The minimum absolute atomic E-state index is 0.183. The molecule has 3 rings (SSSR count). The Labute approximate surface area is 177 Å². The molecule has 0 radical (unpaired) electrons. The zero-order chi connectivity index (χ0) is 20.8. The molecule has 1 aliphatic rings. The van der Waals surface area contributed by atoms with Crippen molar-refractivity contribution in [3.05, 3.63) is 70.7 Å². The van der Waals surface area contributed by atoms with Crippen LogP contribution in [0.2, 0.25) is 0 Å². The zero-order valence-electron chi connectivity index (χ0n) is 15.9. The predicted octanol–water partition coefficient (Wildman–Crippen LogP) is 4.40. The molecule has 0 fully saturated rings. The number of benzene rings is 2. The van der Waals surface area contributed by atoms with Crippen LogP contribution in [0.25, 0.3) is 0 Å². The van der Waals surface area contributed by atoms with E-state index in [1.54, 1.807) is 36.4 Å². The Morgan fingerprint density at radius 1 is 0.828 bits per heavy atom. The molecular formula is C22H21BrN2O4. The summed E-state index contributed by atoms with van der Waals surface area (Å²) in [5.74, 6) is -1.78. The molecule has 2 unspecified atom stereocenters. The van der Waals surface area contributed by atoms with Gasteiger partial charge in [-0.1, -0.05) is 28.1 Å². The largest absolute Gasteiger partial charge is 0.465 e. The highest BCUT2D eigenvalue weighted by molar-refractivity contribution is 9.10. The average Bonchev–Trinajstić information content (AvgIpc) is 2.75. The second-order valence-corrected chi connectivity index (χ2v) is 7.63. The van der Waals surface area contributed by atoms with Crippen LogP contribution in [-0.4, -0.2) is 24.9 Å². The van der Waals surface area contributed by atoms with Gasteiger partial charge in [0.05, 0.1) is 24.5 Å². The summed E-state index contributed by atoms with van der Waals surface area (Å²) in [4.78, 5) is 37.1. The highest BCUT2D eigenvalue weighted by Crippen LogP contribution is 2.28. The lowest BCUT2D eigenvalue weighted by molar-refractivity contribution is -0.129. The van der Waals surface area contributed by atoms with Gasteiger partial charge in [-0.25, -0.2) is 4.79 Å². The number of halogens is 1. The topological polar surface area (TPSA) is 84.5 Å². The molecule has 0 saturated heterocycles. The summed E-state index contributed by atoms with van der Waals surface area (Å²) in [5.41, 5.74) is 1.65. The highest BCUT2D eigenvalue weighted by Gasteiger charge is 2.34. The van der Waals surface area contributed by atoms with E-state index < -0.39 is 17.8 Å². The smallest absolute Gasteiger partial charge is 0.337 e. The highest BCUT2D eigenvalue weighted by atomic mass is 79.9. The lowest BCUT2D eigenvalue weighted by atomic mass is 9.81. The number of methoxy groups -OCH3 is 1. The molecule has 0 aliphatic heterocycles. The molecule has 150 valence electrons. The van der Waals surface area contributed by atoms with E-state index in [1.807, 2.05) is 24.3 Å². The number of hydrogen-bond acceptors (Lipinski definition) is 4. The van der Waals surface area contributed by atoms with Crippen molar-refractivity contribution in [2.45, 2.75) is 12.8 Å². The van der Waals surface area contributed by atoms with Crippen molar-refractivity contribution in [2.75, 3.05) is 17.7 Å². The summed E-state index contributed by atoms with van der Waals surface area (Å²) in [6.45, 7) is 0. The van der Waals surface area contributed by atoms with Gasteiger partial charge in [-0.05, 0) is 61.4 Å². The molecule has 2 aromatic rings. The Kier molecular flexibility index (Phi) is 6.82. The van der Waals surface area contributed by atoms with Crippen LogP contribution in [0.15, 0.2) is 65.2 Å². The molecule has 7 heteroatoms. The predicted molar refractivity (Wildman–Crippen MR) is 115 cm³/mol. The summed E-state index contributed by atoms with van der Waals surface area (Å²) in [7, 11) is 1.31. The molecule has 0 spiro atoms. The first-order valence-electron chi connectivity index (χ1n) is 9.18. The van der Waals surface area contributed by atoms with E-state index in [-0.39, 0.29) is 11.8 Å². The van der Waals surface area contributed by atoms with E-state index in [4.69, 9.17) is 0 Å². The van der Waals surface area contributed by atoms with Gasteiger partial charge >= 0.3 is 5.97 Å². The van der Waals surface area contributed by atoms with Gasteiger partial charge in [0, 0.05) is 15.8 Å². The Morgan fingerprint density at radius 2 is 1.28 bits per heavy atom. The number of nitrogens with one attached hydrogen (secondary N) is 2. The van der Waals surface area contributed by atoms with Gasteiger partial charge in [-0.2, -0.15) is 0 Å². The van der Waals surface area contributed by atoms with Crippen LogP contribution in [0.4, 0.5) is 11.4 Å². The van der Waals surface area contributed by atoms with Crippen molar-refractivity contribution in [2.24, 2.45) is 11.8 Å². The third kappa shape index (κ3) is 5.32. The molecule has 2 amide bonds. The summed E-state index contributed by atoms with van der Waals surface area (Å²) in [6.07, 6.45) is 4.85. The van der Waals surface area contributed by atoms with Crippen LogP contribution in [0.5, 0.6) is 0 Å². The third-order valence-electron chi connectivity index (χ3n) is 4.79. The minimum atomic E-state index is -0.476. The van der Waals surface area contributed by atoms with E-state index in [0.717, 1.165) is 4.47 Å². The van der Waals surface area contributed by atoms with Crippen molar-refractivity contribution >= 4 is 45.1 Å². The maximum Gasteiger partial charge on any atom is 0.337 e. The fourth-order valence-electron chi connectivity index (χ4n) is 3.20. The quantitative estimate of drug-likeness (QED) is 0.515. The normalized spacial score (nSPS) is 18.0. The van der Waals surface area contributed by atoms with Crippen LogP contribution >= 0.6 is 15.9 Å². The van der Waals surface area contributed by atoms with E-state index in [0.29, 0.717) is 29.8 Å². The molecule has 0 bridgehead atoms. The summed E-state index contributed by atoms with van der Waals surface area (Å²) in [6, 6.07) is 13.7. The maximum atomic E-state index is 12.8. The van der Waals surface area contributed by atoms with Crippen molar-refractivity contribution in [3.63, 3.8) is 0 Å². The van der Waals surface area contributed by atoms with E-state index in [2.05, 4.69) is 31.3 Å². The number of hydrogen-bond donors (Lipinski definition) is 2. The molecule has 0 aromatic heterocycles. The number of rotatable bonds is 5. The number of ether oxygens (including phenoxy) is 1. The first kappa shape index (κ1) is 20.8. The molecule has 29 heavy (non-hydrogen) atoms. The Balaban J connectivity index is 1.67. The van der Waals surface area contributed by atoms with Gasteiger partial charge in [-0.15, -0.1) is 0 Å². The number of esters is 1. The van der Waals surface area contributed by atoms with Crippen LogP contribution in [0.1, 0.15) is 23.2 Å². The number of allylic oxidation sites excluding steroid dienone is 2. The van der Waals surface area contributed by atoms with Crippen LogP contribution in [0, 0.1) is 11.8 Å². The van der Waals surface area contributed by atoms with Crippen LogP contribution in [0.3, 0.4) is 0 Å². The van der Waals surface area contributed by atoms with Crippen molar-refractivity contribution in [1.29, 1.82) is 0 Å². The second-order valence-electron chi connectivity index (χ2n) is 6.71. The van der Waals surface area contributed by atoms with Crippen LogP contribution in [-0.2, 0) is 14.3 Å². The molecule has 0 heterocycles. The van der Waals surface area contributed by atoms with Gasteiger partial charge in [0.15, 0.2) is 0 Å². The van der Waals surface area contributed by atoms with Crippen molar-refractivity contribution in [1.82, 2.24) is 0 Å². The fourth-order valence-corrected chi connectivity index (χ4v) is 3.47. The van der Waals surface area contributed by atoms with E-state index >= 15 is 0 Å².